The van der Waals surface area contributed by atoms with Gasteiger partial charge < -0.3 is 28.5 Å². The molecule has 10 heteroatoms. The minimum absolute atomic E-state index is 0.140. The lowest BCUT2D eigenvalue weighted by Gasteiger charge is -2.35. The lowest BCUT2D eigenvalue weighted by atomic mass is 10.0. The number of carboxylic acid groups (broad SMARTS) is 1. The van der Waals surface area contributed by atoms with Crippen LogP contribution in [-0.2, 0) is 9.59 Å². The summed E-state index contributed by atoms with van der Waals surface area (Å²) in [5.74, 6) is -2.10. The van der Waals surface area contributed by atoms with Crippen LogP contribution in [0.2, 0.25) is 0 Å². The first kappa shape index (κ1) is 19.5. The number of furan rings is 1. The largest absolute Gasteiger partial charge is 0.486 e. The summed E-state index contributed by atoms with van der Waals surface area (Å²) >= 11 is 0. The number of ether oxygens (including phenoxy) is 1. The standard InChI is InChI=1S/C20H19N3O7/c1-20(19(26)27)10-29-15-12-5-4-11(17-21-6-7-28-17)8-13(12)30-16(15)18(25)23(20)9-14(24)22(2)3/h4-8H,9-10H2,1-3H3,(H,26,27)/t20-/m1/s1. The van der Waals surface area contributed by atoms with Crippen LogP contribution < -0.4 is 4.74 Å². The van der Waals surface area contributed by atoms with Crippen molar-refractivity contribution in [3.05, 3.63) is 36.4 Å². The third-order valence-electron chi connectivity index (χ3n) is 5.11. The van der Waals surface area contributed by atoms with E-state index in [1.807, 2.05) is 0 Å². The van der Waals surface area contributed by atoms with Gasteiger partial charge in [-0.05, 0) is 25.1 Å². The Kier molecular flexibility index (Phi) is 4.49. The number of aliphatic carboxylic acids is 1. The lowest BCUT2D eigenvalue weighted by Crippen LogP contribution is -2.59. The molecule has 2 aromatic heterocycles. The van der Waals surface area contributed by atoms with Crippen molar-refractivity contribution in [2.75, 3.05) is 27.2 Å². The number of hydrogen-bond donors (Lipinski definition) is 1. The monoisotopic (exact) mass is 413 g/mol. The van der Waals surface area contributed by atoms with Crippen molar-refractivity contribution in [3.63, 3.8) is 0 Å². The molecular weight excluding hydrogens is 394 g/mol. The molecule has 0 aliphatic carbocycles. The number of carbonyl (C=O) groups is 3. The maximum atomic E-state index is 13.3. The summed E-state index contributed by atoms with van der Waals surface area (Å²) in [7, 11) is 3.05. The van der Waals surface area contributed by atoms with Crippen molar-refractivity contribution >= 4 is 28.8 Å². The lowest BCUT2D eigenvalue weighted by molar-refractivity contribution is -0.151. The van der Waals surface area contributed by atoms with Crippen LogP contribution in [0.3, 0.4) is 0 Å². The number of benzene rings is 1. The van der Waals surface area contributed by atoms with Crippen LogP contribution in [0.5, 0.6) is 5.75 Å². The summed E-state index contributed by atoms with van der Waals surface area (Å²) in [4.78, 5) is 43.9. The summed E-state index contributed by atoms with van der Waals surface area (Å²) < 4.78 is 16.8. The van der Waals surface area contributed by atoms with Crippen molar-refractivity contribution in [2.45, 2.75) is 12.5 Å². The summed E-state index contributed by atoms with van der Waals surface area (Å²) in [5.41, 5.74) is -0.769. The topological polar surface area (TPSA) is 126 Å². The fourth-order valence-corrected chi connectivity index (χ4v) is 3.19. The minimum Gasteiger partial charge on any atom is -0.486 e. The first-order valence-corrected chi connectivity index (χ1v) is 9.07. The zero-order valence-electron chi connectivity index (χ0n) is 16.5. The molecule has 1 aromatic carbocycles. The van der Waals surface area contributed by atoms with E-state index in [9.17, 15) is 19.5 Å². The van der Waals surface area contributed by atoms with Gasteiger partial charge in [0.2, 0.25) is 17.6 Å². The Morgan fingerprint density at radius 1 is 1.33 bits per heavy atom. The number of carboxylic acids is 1. The van der Waals surface area contributed by atoms with E-state index < -0.39 is 29.9 Å². The van der Waals surface area contributed by atoms with Crippen molar-refractivity contribution in [3.8, 4) is 17.2 Å². The second kappa shape index (κ2) is 6.90. The Bertz CT molecular complexity index is 1150. The summed E-state index contributed by atoms with van der Waals surface area (Å²) in [6.45, 7) is 0.554. The molecule has 0 saturated carbocycles. The van der Waals surface area contributed by atoms with Gasteiger partial charge >= 0.3 is 5.97 Å². The zero-order valence-corrected chi connectivity index (χ0v) is 16.5. The molecule has 10 nitrogen and oxygen atoms in total. The van der Waals surface area contributed by atoms with E-state index >= 15 is 0 Å². The second-order valence-corrected chi connectivity index (χ2v) is 7.36. The van der Waals surface area contributed by atoms with Crippen molar-refractivity contribution in [1.29, 1.82) is 0 Å². The molecule has 156 valence electrons. The van der Waals surface area contributed by atoms with Crippen LogP contribution >= 0.6 is 0 Å². The molecule has 0 saturated heterocycles. The number of aromatic nitrogens is 1. The predicted molar refractivity (Wildman–Crippen MR) is 103 cm³/mol. The Morgan fingerprint density at radius 2 is 2.10 bits per heavy atom. The van der Waals surface area contributed by atoms with Gasteiger partial charge in [-0.1, -0.05) is 0 Å². The van der Waals surface area contributed by atoms with E-state index in [1.165, 1.54) is 38.4 Å². The van der Waals surface area contributed by atoms with Crippen LogP contribution in [0.15, 0.2) is 39.5 Å². The van der Waals surface area contributed by atoms with E-state index in [0.29, 0.717) is 22.4 Å². The quantitative estimate of drug-likeness (QED) is 0.687. The summed E-state index contributed by atoms with van der Waals surface area (Å²) in [5, 5.41) is 10.3. The molecule has 1 N–H and O–H groups in total. The average molecular weight is 413 g/mol. The first-order chi connectivity index (χ1) is 14.2. The van der Waals surface area contributed by atoms with Gasteiger partial charge in [-0.15, -0.1) is 0 Å². The highest BCUT2D eigenvalue weighted by molar-refractivity contribution is 6.05. The average Bonchev–Trinajstić information content (AvgIpc) is 3.34. The second-order valence-electron chi connectivity index (χ2n) is 7.36. The highest BCUT2D eigenvalue weighted by atomic mass is 16.5. The van der Waals surface area contributed by atoms with Gasteiger partial charge in [-0.2, -0.15) is 0 Å². The first-order valence-electron chi connectivity index (χ1n) is 9.07. The SMILES string of the molecule is CN(C)C(=O)CN1C(=O)c2oc3cc(-c4ncco4)ccc3c2OC[C@]1(C)C(=O)O. The summed E-state index contributed by atoms with van der Waals surface area (Å²) in [6, 6.07) is 5.06. The Morgan fingerprint density at radius 3 is 2.73 bits per heavy atom. The maximum absolute atomic E-state index is 13.3. The number of oxazole rings is 1. The Balaban J connectivity index is 1.81. The third kappa shape index (κ3) is 2.97. The van der Waals surface area contributed by atoms with Crippen molar-refractivity contribution < 1.29 is 33.1 Å². The van der Waals surface area contributed by atoms with E-state index in [-0.39, 0.29) is 18.1 Å². The predicted octanol–water partition coefficient (Wildman–Crippen LogP) is 1.85. The van der Waals surface area contributed by atoms with E-state index in [1.54, 1.807) is 18.2 Å². The van der Waals surface area contributed by atoms with Crippen LogP contribution in [0.4, 0.5) is 0 Å². The van der Waals surface area contributed by atoms with Gasteiger partial charge in [-0.25, -0.2) is 9.78 Å². The molecule has 3 heterocycles. The number of hydrogen-bond acceptors (Lipinski definition) is 7. The van der Waals surface area contributed by atoms with Crippen LogP contribution in [0, 0.1) is 0 Å². The molecule has 1 aliphatic heterocycles. The number of rotatable bonds is 4. The molecule has 1 atom stereocenters. The Hall–Kier alpha value is -3.82. The fraction of sp³-hybridized carbons (Fsp3) is 0.300. The van der Waals surface area contributed by atoms with Crippen LogP contribution in [-0.4, -0.2) is 70.5 Å². The molecule has 4 rings (SSSR count). The highest BCUT2D eigenvalue weighted by Gasteiger charge is 2.49. The molecule has 0 radical (unpaired) electrons. The number of carbonyl (C=O) groups excluding carboxylic acids is 2. The number of fused-ring (bicyclic) bond motifs is 3. The van der Waals surface area contributed by atoms with Gasteiger partial charge in [-0.3, -0.25) is 9.59 Å². The van der Waals surface area contributed by atoms with Crippen LogP contribution in [0.1, 0.15) is 17.5 Å². The molecule has 2 amide bonds. The van der Waals surface area contributed by atoms with E-state index in [2.05, 4.69) is 4.98 Å². The fourth-order valence-electron chi connectivity index (χ4n) is 3.19. The third-order valence-corrected chi connectivity index (χ3v) is 5.11. The molecule has 0 bridgehead atoms. The van der Waals surface area contributed by atoms with Gasteiger partial charge in [0.05, 0.1) is 11.6 Å². The van der Waals surface area contributed by atoms with Gasteiger partial charge in [0.25, 0.3) is 5.91 Å². The Labute approximate surface area is 170 Å². The molecule has 1 aliphatic rings. The highest BCUT2D eigenvalue weighted by Crippen LogP contribution is 2.39. The molecular formula is C20H19N3O7. The molecule has 3 aromatic rings. The molecule has 30 heavy (non-hydrogen) atoms. The molecule has 0 unspecified atom stereocenters. The smallest absolute Gasteiger partial charge is 0.332 e. The number of amides is 2. The number of likely N-dealkylation sites (N-methyl/N-ethyl adjacent to an activating group) is 1. The van der Waals surface area contributed by atoms with Gasteiger partial charge in [0.15, 0.2) is 11.3 Å². The van der Waals surface area contributed by atoms with Crippen molar-refractivity contribution in [2.24, 2.45) is 0 Å². The zero-order chi connectivity index (χ0) is 21.6. The van der Waals surface area contributed by atoms with Crippen LogP contribution in [0.25, 0.3) is 22.4 Å². The molecule has 0 spiro atoms. The normalized spacial score (nSPS) is 18.6. The molecule has 0 fully saturated rings. The minimum atomic E-state index is -1.76. The van der Waals surface area contributed by atoms with E-state index in [0.717, 1.165) is 4.90 Å². The maximum Gasteiger partial charge on any atom is 0.332 e. The van der Waals surface area contributed by atoms with E-state index in [4.69, 9.17) is 13.6 Å². The van der Waals surface area contributed by atoms with Gasteiger partial charge in [0, 0.05) is 19.7 Å². The van der Waals surface area contributed by atoms with Gasteiger partial charge in [0.1, 0.15) is 25.0 Å². The summed E-state index contributed by atoms with van der Waals surface area (Å²) in [6.07, 6.45) is 2.95. The van der Waals surface area contributed by atoms with Crippen molar-refractivity contribution in [1.82, 2.24) is 14.8 Å². The number of nitrogens with zero attached hydrogens (tertiary/aromatic N) is 3.